The summed E-state index contributed by atoms with van der Waals surface area (Å²) in [4.78, 5) is 25.7. The summed E-state index contributed by atoms with van der Waals surface area (Å²) in [6.07, 6.45) is 0.885. The summed E-state index contributed by atoms with van der Waals surface area (Å²) in [7, 11) is 2.90. The Kier molecular flexibility index (Phi) is 6.08. The Morgan fingerprint density at radius 1 is 1.24 bits per heavy atom. The molecule has 1 saturated heterocycles. The lowest BCUT2D eigenvalue weighted by atomic mass is 10.1. The summed E-state index contributed by atoms with van der Waals surface area (Å²) < 4.78 is 16.0. The number of hydrogen-bond acceptors (Lipinski definition) is 6. The molecule has 8 nitrogen and oxygen atoms in total. The van der Waals surface area contributed by atoms with Crippen LogP contribution in [0.2, 0.25) is 0 Å². The number of rotatable bonds is 7. The van der Waals surface area contributed by atoms with E-state index in [4.69, 9.17) is 25.7 Å². The molecular weight excluding hydrogens is 326 g/mol. The Morgan fingerprint density at radius 3 is 2.28 bits per heavy atom. The smallest absolute Gasteiger partial charge is 0.255 e. The molecule has 0 radical (unpaired) electrons. The minimum absolute atomic E-state index is 0.115. The summed E-state index contributed by atoms with van der Waals surface area (Å²) in [5.74, 6) is 0.386. The molecule has 0 saturated carbocycles. The Morgan fingerprint density at radius 2 is 1.84 bits per heavy atom. The molecule has 1 aliphatic rings. The van der Waals surface area contributed by atoms with Crippen molar-refractivity contribution >= 4 is 11.8 Å². The maximum absolute atomic E-state index is 12.9. The molecule has 0 aliphatic carbocycles. The molecule has 2 rings (SSSR count). The van der Waals surface area contributed by atoms with Crippen molar-refractivity contribution in [2.45, 2.75) is 19.4 Å². The van der Waals surface area contributed by atoms with E-state index in [9.17, 15) is 9.59 Å². The molecule has 0 bridgehead atoms. The van der Waals surface area contributed by atoms with E-state index in [1.165, 1.54) is 14.2 Å². The van der Waals surface area contributed by atoms with E-state index in [1.54, 1.807) is 17.0 Å². The number of benzene rings is 1. The molecule has 2 unspecified atom stereocenters. The van der Waals surface area contributed by atoms with E-state index in [-0.39, 0.29) is 24.3 Å². The number of hydrogen-bond donors (Lipinski definition) is 2. The van der Waals surface area contributed by atoms with Crippen molar-refractivity contribution in [2.75, 3.05) is 33.9 Å². The first kappa shape index (κ1) is 18.9. The first-order valence-corrected chi connectivity index (χ1v) is 8.09. The third-order valence-corrected chi connectivity index (χ3v) is 4.32. The average Bonchev–Trinajstić information content (AvgIpc) is 2.99. The third kappa shape index (κ3) is 4.14. The van der Waals surface area contributed by atoms with Crippen LogP contribution in [0.4, 0.5) is 0 Å². The highest BCUT2D eigenvalue weighted by Gasteiger charge is 2.33. The fourth-order valence-corrected chi connectivity index (χ4v) is 3.05. The molecule has 1 aromatic rings. The monoisotopic (exact) mass is 351 g/mol. The highest BCUT2D eigenvalue weighted by atomic mass is 16.5. The molecule has 2 amide bonds. The van der Waals surface area contributed by atoms with Crippen LogP contribution in [0.15, 0.2) is 12.1 Å². The highest BCUT2D eigenvalue weighted by molar-refractivity contribution is 5.96. The zero-order chi connectivity index (χ0) is 18.6. The topological polar surface area (TPSA) is 117 Å². The number of amides is 2. The van der Waals surface area contributed by atoms with Crippen LogP contribution in [-0.4, -0.2) is 56.7 Å². The van der Waals surface area contributed by atoms with Crippen LogP contribution in [0.25, 0.3) is 0 Å². The molecule has 0 aromatic heterocycles. The largest absolute Gasteiger partial charge is 0.493 e. The number of likely N-dealkylation sites (tertiary alicyclic amines) is 1. The van der Waals surface area contributed by atoms with Gasteiger partial charge in [-0.1, -0.05) is 0 Å². The van der Waals surface area contributed by atoms with Crippen LogP contribution in [0.1, 0.15) is 23.7 Å². The van der Waals surface area contributed by atoms with Crippen molar-refractivity contribution in [3.8, 4) is 17.2 Å². The van der Waals surface area contributed by atoms with Crippen molar-refractivity contribution < 1.29 is 23.8 Å². The number of methoxy groups -OCH3 is 2. The average molecular weight is 351 g/mol. The normalized spacial score (nSPS) is 19.6. The fourth-order valence-electron chi connectivity index (χ4n) is 3.05. The molecular formula is C17H25N3O5. The zero-order valence-electron chi connectivity index (χ0n) is 14.8. The molecule has 1 aromatic carbocycles. The molecule has 2 atom stereocenters. The molecule has 1 fully saturated rings. The molecule has 8 heteroatoms. The Hall–Kier alpha value is -2.48. The van der Waals surface area contributed by atoms with E-state index in [0.717, 1.165) is 6.42 Å². The molecule has 0 spiro atoms. The van der Waals surface area contributed by atoms with Crippen molar-refractivity contribution in [3.05, 3.63) is 17.7 Å². The lowest BCUT2D eigenvalue weighted by molar-refractivity contribution is -0.120. The van der Waals surface area contributed by atoms with Gasteiger partial charge >= 0.3 is 0 Å². The number of carbonyl (C=O) groups excluding carboxylic acids is 2. The molecule has 25 heavy (non-hydrogen) atoms. The maximum Gasteiger partial charge on any atom is 0.255 e. The lowest BCUT2D eigenvalue weighted by Gasteiger charge is -2.23. The van der Waals surface area contributed by atoms with E-state index in [2.05, 4.69) is 0 Å². The molecule has 138 valence electrons. The van der Waals surface area contributed by atoms with Gasteiger partial charge in [-0.3, -0.25) is 9.59 Å². The van der Waals surface area contributed by atoms with Crippen LogP contribution >= 0.6 is 0 Å². The summed E-state index contributed by atoms with van der Waals surface area (Å²) in [6, 6.07) is 3.26. The zero-order valence-corrected chi connectivity index (χ0v) is 14.8. The SMILES string of the molecule is COc1cc(C(=O)N2CC(CN)CC2C)cc(OC)c1OCC(N)=O. The van der Waals surface area contributed by atoms with Crippen molar-refractivity contribution in [3.63, 3.8) is 0 Å². The number of nitrogens with zero attached hydrogens (tertiary/aromatic N) is 1. The number of primary amides is 1. The van der Waals surface area contributed by atoms with Crippen molar-refractivity contribution in [2.24, 2.45) is 17.4 Å². The van der Waals surface area contributed by atoms with Gasteiger partial charge in [0, 0.05) is 18.2 Å². The lowest BCUT2D eigenvalue weighted by Crippen LogP contribution is -2.34. The summed E-state index contributed by atoms with van der Waals surface area (Å²) in [6.45, 7) is 2.87. The predicted molar refractivity (Wildman–Crippen MR) is 91.9 cm³/mol. The van der Waals surface area contributed by atoms with E-state index < -0.39 is 5.91 Å². The maximum atomic E-state index is 12.9. The first-order valence-electron chi connectivity index (χ1n) is 8.09. The van der Waals surface area contributed by atoms with Gasteiger partial charge in [0.1, 0.15) is 0 Å². The van der Waals surface area contributed by atoms with Crippen LogP contribution < -0.4 is 25.7 Å². The summed E-state index contributed by atoms with van der Waals surface area (Å²) >= 11 is 0. The van der Waals surface area contributed by atoms with Crippen LogP contribution in [0.5, 0.6) is 17.2 Å². The predicted octanol–water partition coefficient (Wildman–Crippen LogP) is 0.377. The van der Waals surface area contributed by atoms with Gasteiger partial charge in [-0.05, 0) is 37.9 Å². The molecule has 4 N–H and O–H groups in total. The second-order valence-corrected chi connectivity index (χ2v) is 6.11. The van der Waals surface area contributed by atoms with Gasteiger partial charge in [-0.15, -0.1) is 0 Å². The van der Waals surface area contributed by atoms with Gasteiger partial charge in [0.2, 0.25) is 5.75 Å². The summed E-state index contributed by atoms with van der Waals surface area (Å²) in [5.41, 5.74) is 11.3. The van der Waals surface area contributed by atoms with Crippen LogP contribution in [0, 0.1) is 5.92 Å². The quantitative estimate of drug-likeness (QED) is 0.733. The van der Waals surface area contributed by atoms with Crippen molar-refractivity contribution in [1.29, 1.82) is 0 Å². The van der Waals surface area contributed by atoms with E-state index in [1.807, 2.05) is 6.92 Å². The third-order valence-electron chi connectivity index (χ3n) is 4.32. The Bertz CT molecular complexity index is 624. The minimum atomic E-state index is -0.622. The van der Waals surface area contributed by atoms with Gasteiger partial charge in [0.25, 0.3) is 11.8 Å². The second kappa shape index (κ2) is 8.06. The Balaban J connectivity index is 2.32. The standard InChI is InChI=1S/C17H25N3O5/c1-10-4-11(7-18)8-20(10)17(22)12-5-13(23-2)16(14(6-12)24-3)25-9-15(19)21/h5-6,10-11H,4,7-9,18H2,1-3H3,(H2,19,21). The van der Waals surface area contributed by atoms with Gasteiger partial charge < -0.3 is 30.6 Å². The van der Waals surface area contributed by atoms with Crippen molar-refractivity contribution in [1.82, 2.24) is 4.90 Å². The van der Waals surface area contributed by atoms with Crippen LogP contribution in [0.3, 0.4) is 0 Å². The van der Waals surface area contributed by atoms with Gasteiger partial charge in [0.15, 0.2) is 18.1 Å². The highest BCUT2D eigenvalue weighted by Crippen LogP contribution is 2.39. The van der Waals surface area contributed by atoms with Gasteiger partial charge in [0.05, 0.1) is 14.2 Å². The number of ether oxygens (including phenoxy) is 3. The second-order valence-electron chi connectivity index (χ2n) is 6.11. The Labute approximate surface area is 147 Å². The van der Waals surface area contributed by atoms with Gasteiger partial charge in [-0.25, -0.2) is 0 Å². The van der Waals surface area contributed by atoms with E-state index in [0.29, 0.717) is 36.1 Å². The van der Waals surface area contributed by atoms with E-state index >= 15 is 0 Å². The summed E-state index contributed by atoms with van der Waals surface area (Å²) in [5, 5.41) is 0. The van der Waals surface area contributed by atoms with Gasteiger partial charge in [-0.2, -0.15) is 0 Å². The van der Waals surface area contributed by atoms with Crippen LogP contribution in [-0.2, 0) is 4.79 Å². The molecule has 1 aliphatic heterocycles. The number of carbonyl (C=O) groups is 2. The molecule has 1 heterocycles. The first-order chi connectivity index (χ1) is 11.9. The number of nitrogens with two attached hydrogens (primary N) is 2. The minimum Gasteiger partial charge on any atom is -0.493 e. The fraction of sp³-hybridized carbons (Fsp3) is 0.529.